The van der Waals surface area contributed by atoms with Crippen LogP contribution in [0.3, 0.4) is 0 Å². The van der Waals surface area contributed by atoms with Crippen molar-refractivity contribution >= 4 is 17.6 Å². The number of hydrogen-bond donors (Lipinski definition) is 1. The first-order chi connectivity index (χ1) is 8.68. The van der Waals surface area contributed by atoms with Crippen LogP contribution in [0.4, 0.5) is 0 Å². The molecule has 0 saturated heterocycles. The Morgan fingerprint density at radius 3 is 2.83 bits per heavy atom. The lowest BCUT2D eigenvalue weighted by atomic mass is 10.2. The van der Waals surface area contributed by atoms with E-state index in [9.17, 15) is 9.90 Å². The second-order valence-electron chi connectivity index (χ2n) is 4.11. The predicted octanol–water partition coefficient (Wildman–Crippen LogP) is 1.89. The van der Waals surface area contributed by atoms with Gasteiger partial charge in [-0.1, -0.05) is 11.6 Å². The summed E-state index contributed by atoms with van der Waals surface area (Å²) in [6.07, 6.45) is 4.83. The van der Waals surface area contributed by atoms with E-state index in [4.69, 9.17) is 11.6 Å². The third-order valence-corrected chi connectivity index (χ3v) is 3.17. The van der Waals surface area contributed by atoms with Crippen molar-refractivity contribution in [3.05, 3.63) is 35.0 Å². The number of aromatic nitrogens is 4. The summed E-state index contributed by atoms with van der Waals surface area (Å²) >= 11 is 6.09. The molecule has 6 nitrogen and oxygen atoms in total. The maximum absolute atomic E-state index is 11.2. The van der Waals surface area contributed by atoms with Crippen LogP contribution in [0.5, 0.6) is 0 Å². The van der Waals surface area contributed by atoms with E-state index in [1.54, 1.807) is 12.3 Å². The molecule has 2 aromatic heterocycles. The molecule has 0 aliphatic heterocycles. The minimum Gasteiger partial charge on any atom is -0.478 e. The number of aromatic carboxylic acids is 1. The summed E-state index contributed by atoms with van der Waals surface area (Å²) in [5, 5.41) is 13.6. The van der Waals surface area contributed by atoms with E-state index in [-0.39, 0.29) is 16.6 Å². The molecule has 0 bridgehead atoms. The van der Waals surface area contributed by atoms with Crippen molar-refractivity contribution in [2.45, 2.75) is 18.8 Å². The lowest BCUT2D eigenvalue weighted by molar-refractivity contribution is 0.0696. The Morgan fingerprint density at radius 2 is 2.28 bits per heavy atom. The van der Waals surface area contributed by atoms with Crippen molar-refractivity contribution in [2.24, 2.45) is 0 Å². The zero-order valence-corrected chi connectivity index (χ0v) is 10.0. The second kappa shape index (κ2) is 4.06. The van der Waals surface area contributed by atoms with E-state index in [1.165, 1.54) is 11.0 Å². The Hall–Kier alpha value is -1.95. The molecule has 1 N–H and O–H groups in total. The molecule has 7 heteroatoms. The van der Waals surface area contributed by atoms with E-state index in [0.717, 1.165) is 12.8 Å². The number of halogens is 1. The van der Waals surface area contributed by atoms with Gasteiger partial charge in [0, 0.05) is 18.2 Å². The van der Waals surface area contributed by atoms with Crippen LogP contribution in [0.15, 0.2) is 18.6 Å². The van der Waals surface area contributed by atoms with Crippen molar-refractivity contribution in [3.8, 4) is 5.82 Å². The molecule has 0 atom stereocenters. The SMILES string of the molecule is O=C(O)c1c(C2CC2)nn(-c2ccncn2)c1Cl. The van der Waals surface area contributed by atoms with Gasteiger partial charge in [0.05, 0.1) is 5.69 Å². The molecule has 1 fully saturated rings. The monoisotopic (exact) mass is 264 g/mol. The molecular formula is C11H9ClN4O2. The lowest BCUT2D eigenvalue weighted by Crippen LogP contribution is -2.01. The van der Waals surface area contributed by atoms with Crippen LogP contribution in [-0.4, -0.2) is 30.8 Å². The van der Waals surface area contributed by atoms with Crippen LogP contribution in [0, 0.1) is 0 Å². The number of hydrogen-bond acceptors (Lipinski definition) is 4. The quantitative estimate of drug-likeness (QED) is 0.916. The van der Waals surface area contributed by atoms with Gasteiger partial charge in [-0.05, 0) is 12.8 Å². The minimum atomic E-state index is -1.05. The number of nitrogens with zero attached hydrogens (tertiary/aromatic N) is 4. The highest BCUT2D eigenvalue weighted by Crippen LogP contribution is 2.42. The van der Waals surface area contributed by atoms with Gasteiger partial charge < -0.3 is 5.11 Å². The van der Waals surface area contributed by atoms with Crippen molar-refractivity contribution in [2.75, 3.05) is 0 Å². The van der Waals surface area contributed by atoms with Crippen molar-refractivity contribution in [1.29, 1.82) is 0 Å². The summed E-state index contributed by atoms with van der Waals surface area (Å²) in [7, 11) is 0. The first-order valence-corrected chi connectivity index (χ1v) is 5.84. The smallest absolute Gasteiger partial charge is 0.340 e. The minimum absolute atomic E-state index is 0.0813. The average Bonchev–Trinajstić information content (AvgIpc) is 3.14. The molecule has 1 saturated carbocycles. The van der Waals surface area contributed by atoms with Gasteiger partial charge in [0.1, 0.15) is 17.0 Å². The van der Waals surface area contributed by atoms with Gasteiger partial charge in [0.25, 0.3) is 0 Å². The molecular weight excluding hydrogens is 256 g/mol. The molecule has 0 amide bonds. The number of carbonyl (C=O) groups is 1. The molecule has 2 heterocycles. The normalized spacial score (nSPS) is 14.7. The topological polar surface area (TPSA) is 80.9 Å². The highest BCUT2D eigenvalue weighted by Gasteiger charge is 2.34. The van der Waals surface area contributed by atoms with Gasteiger partial charge in [0.2, 0.25) is 0 Å². The average molecular weight is 265 g/mol. The molecule has 1 aliphatic carbocycles. The van der Waals surface area contributed by atoms with E-state index < -0.39 is 5.97 Å². The molecule has 92 valence electrons. The summed E-state index contributed by atoms with van der Waals surface area (Å²) < 4.78 is 1.35. The van der Waals surface area contributed by atoms with Gasteiger partial charge in [-0.2, -0.15) is 5.10 Å². The Morgan fingerprint density at radius 1 is 1.50 bits per heavy atom. The van der Waals surface area contributed by atoms with Crippen LogP contribution >= 0.6 is 11.6 Å². The fourth-order valence-electron chi connectivity index (χ4n) is 1.81. The number of carboxylic acids is 1. The molecule has 1 aliphatic rings. The fourth-order valence-corrected chi connectivity index (χ4v) is 2.12. The largest absolute Gasteiger partial charge is 0.478 e. The van der Waals surface area contributed by atoms with Crippen molar-refractivity contribution in [3.63, 3.8) is 0 Å². The Balaban J connectivity index is 2.17. The van der Waals surface area contributed by atoms with E-state index in [1.807, 2.05) is 0 Å². The molecule has 0 spiro atoms. The van der Waals surface area contributed by atoms with Crippen LogP contribution < -0.4 is 0 Å². The maximum atomic E-state index is 11.2. The molecule has 0 unspecified atom stereocenters. The lowest BCUT2D eigenvalue weighted by Gasteiger charge is -1.99. The van der Waals surface area contributed by atoms with Crippen LogP contribution in [-0.2, 0) is 0 Å². The second-order valence-corrected chi connectivity index (χ2v) is 4.47. The van der Waals surface area contributed by atoms with Crippen LogP contribution in [0.1, 0.15) is 34.8 Å². The predicted molar refractivity (Wildman–Crippen MR) is 63.1 cm³/mol. The highest BCUT2D eigenvalue weighted by atomic mass is 35.5. The van der Waals surface area contributed by atoms with Gasteiger partial charge in [-0.15, -0.1) is 0 Å². The Bertz CT molecular complexity index is 607. The van der Waals surface area contributed by atoms with Gasteiger partial charge in [-0.25, -0.2) is 19.4 Å². The van der Waals surface area contributed by atoms with E-state index >= 15 is 0 Å². The first kappa shape index (κ1) is 11.2. The van der Waals surface area contributed by atoms with E-state index in [0.29, 0.717) is 11.5 Å². The van der Waals surface area contributed by atoms with Crippen LogP contribution in [0.2, 0.25) is 5.15 Å². The number of carboxylic acid groups (broad SMARTS) is 1. The van der Waals surface area contributed by atoms with Crippen molar-refractivity contribution in [1.82, 2.24) is 19.7 Å². The highest BCUT2D eigenvalue weighted by molar-refractivity contribution is 6.33. The maximum Gasteiger partial charge on any atom is 0.340 e. The summed E-state index contributed by atoms with van der Waals surface area (Å²) in [6.45, 7) is 0. The summed E-state index contributed by atoms with van der Waals surface area (Å²) in [6, 6.07) is 1.63. The third kappa shape index (κ3) is 1.74. The molecule has 0 aromatic carbocycles. The zero-order chi connectivity index (χ0) is 12.7. The van der Waals surface area contributed by atoms with Gasteiger partial charge in [0.15, 0.2) is 5.82 Å². The van der Waals surface area contributed by atoms with Gasteiger partial charge >= 0.3 is 5.97 Å². The fraction of sp³-hybridized carbons (Fsp3) is 0.273. The Labute approximate surface area is 107 Å². The Kier molecular flexibility index (Phi) is 2.52. The summed E-state index contributed by atoms with van der Waals surface area (Å²) in [4.78, 5) is 19.1. The van der Waals surface area contributed by atoms with Gasteiger partial charge in [-0.3, -0.25) is 0 Å². The molecule has 3 rings (SSSR count). The molecule has 2 aromatic rings. The number of rotatable bonds is 3. The summed E-state index contributed by atoms with van der Waals surface area (Å²) in [5.41, 5.74) is 0.629. The zero-order valence-electron chi connectivity index (χ0n) is 9.25. The van der Waals surface area contributed by atoms with E-state index in [2.05, 4.69) is 15.1 Å². The van der Waals surface area contributed by atoms with Crippen molar-refractivity contribution < 1.29 is 9.90 Å². The van der Waals surface area contributed by atoms with Crippen LogP contribution in [0.25, 0.3) is 5.82 Å². The standard InChI is InChI=1S/C11H9ClN4O2/c12-10-8(11(17)18)9(6-1-2-6)15-16(10)7-3-4-13-5-14-7/h3-6H,1-2H2,(H,17,18). The third-order valence-electron chi connectivity index (χ3n) is 2.82. The summed E-state index contributed by atoms with van der Waals surface area (Å²) in [5.74, 6) is -0.386. The first-order valence-electron chi connectivity index (χ1n) is 5.46. The molecule has 0 radical (unpaired) electrons. The molecule has 18 heavy (non-hydrogen) atoms.